The van der Waals surface area contributed by atoms with Crippen molar-refractivity contribution >= 4 is 15.9 Å². The summed E-state index contributed by atoms with van der Waals surface area (Å²) in [6, 6.07) is 1.23. The normalized spacial score (nSPS) is 19.9. The van der Waals surface area contributed by atoms with Gasteiger partial charge in [0.15, 0.2) is 0 Å². The van der Waals surface area contributed by atoms with Gasteiger partial charge in [-0.25, -0.2) is 8.42 Å². The average molecular weight is 300 g/mol. The lowest BCUT2D eigenvalue weighted by Gasteiger charge is -2.36. The maximum Gasteiger partial charge on any atom is 0.244 e. The first-order valence-corrected chi connectivity index (χ1v) is 7.92. The second-order valence-corrected chi connectivity index (χ2v) is 6.97. The highest BCUT2D eigenvalue weighted by atomic mass is 32.2. The molecule has 7 nitrogen and oxygen atoms in total. The SMILES string of the molecule is CC(C(N)=O)N1CCN(S(=O)(=O)c2ccn(C)c2)CC1. The number of aryl methyl sites for hydroxylation is 1. The van der Waals surface area contributed by atoms with Gasteiger partial charge in [0.05, 0.1) is 10.9 Å². The predicted octanol–water partition coefficient (Wildman–Crippen LogP) is -0.795. The Hall–Kier alpha value is -1.38. The smallest absolute Gasteiger partial charge is 0.244 e. The summed E-state index contributed by atoms with van der Waals surface area (Å²) in [6.45, 7) is 3.50. The van der Waals surface area contributed by atoms with E-state index in [0.717, 1.165) is 0 Å². The number of nitrogens with zero attached hydrogens (tertiary/aromatic N) is 3. The number of primary amides is 1. The average Bonchev–Trinajstić information content (AvgIpc) is 2.85. The molecule has 1 saturated heterocycles. The van der Waals surface area contributed by atoms with E-state index < -0.39 is 10.0 Å². The number of carbonyl (C=O) groups excluding carboxylic acids is 1. The standard InChI is InChI=1S/C12H20N4O3S/c1-10(12(13)17)15-5-7-16(8-6-15)20(18,19)11-3-4-14(2)9-11/h3-4,9-10H,5-8H2,1-2H3,(H2,13,17). The first kappa shape index (κ1) is 15.0. The fourth-order valence-corrected chi connectivity index (χ4v) is 3.77. The van der Waals surface area contributed by atoms with E-state index in [9.17, 15) is 13.2 Å². The number of piperazine rings is 1. The van der Waals surface area contributed by atoms with Crippen molar-refractivity contribution in [2.75, 3.05) is 26.2 Å². The summed E-state index contributed by atoms with van der Waals surface area (Å²) in [7, 11) is -1.66. The minimum Gasteiger partial charge on any atom is -0.368 e. The van der Waals surface area contributed by atoms with Crippen molar-refractivity contribution in [3.05, 3.63) is 18.5 Å². The zero-order chi connectivity index (χ0) is 14.9. The molecule has 1 fully saturated rings. The molecule has 1 amide bonds. The molecule has 0 radical (unpaired) electrons. The lowest BCUT2D eigenvalue weighted by Crippen LogP contribution is -2.54. The van der Waals surface area contributed by atoms with Crippen molar-refractivity contribution in [2.45, 2.75) is 17.9 Å². The molecule has 112 valence electrons. The Balaban J connectivity index is 2.05. The highest BCUT2D eigenvalue weighted by Crippen LogP contribution is 2.18. The van der Waals surface area contributed by atoms with Crippen molar-refractivity contribution in [1.29, 1.82) is 0 Å². The molecule has 1 aromatic rings. The largest absolute Gasteiger partial charge is 0.368 e. The van der Waals surface area contributed by atoms with E-state index in [1.165, 1.54) is 4.31 Å². The first-order valence-electron chi connectivity index (χ1n) is 6.48. The Bertz CT molecular complexity index is 588. The summed E-state index contributed by atoms with van der Waals surface area (Å²) < 4.78 is 28.0. The van der Waals surface area contributed by atoms with E-state index in [0.29, 0.717) is 31.1 Å². The molecule has 20 heavy (non-hydrogen) atoms. The van der Waals surface area contributed by atoms with Gasteiger partial charge in [0, 0.05) is 45.6 Å². The number of sulfonamides is 1. The van der Waals surface area contributed by atoms with E-state index in [4.69, 9.17) is 5.73 Å². The van der Waals surface area contributed by atoms with Crippen molar-refractivity contribution in [1.82, 2.24) is 13.8 Å². The third-order valence-electron chi connectivity index (χ3n) is 3.68. The van der Waals surface area contributed by atoms with Crippen LogP contribution >= 0.6 is 0 Å². The van der Waals surface area contributed by atoms with Gasteiger partial charge in [-0.15, -0.1) is 0 Å². The van der Waals surface area contributed by atoms with Crippen molar-refractivity contribution in [2.24, 2.45) is 12.8 Å². The van der Waals surface area contributed by atoms with E-state index in [-0.39, 0.29) is 11.9 Å². The summed E-state index contributed by atoms with van der Waals surface area (Å²) in [5.74, 6) is -0.385. The monoisotopic (exact) mass is 300 g/mol. The third kappa shape index (κ3) is 2.87. The summed E-state index contributed by atoms with van der Waals surface area (Å²) in [5.41, 5.74) is 5.27. The first-order chi connectivity index (χ1) is 9.32. The van der Waals surface area contributed by atoms with Crippen LogP contribution in [0.5, 0.6) is 0 Å². The zero-order valence-corrected chi connectivity index (χ0v) is 12.5. The van der Waals surface area contributed by atoms with Gasteiger partial charge in [-0.3, -0.25) is 9.69 Å². The molecule has 0 aliphatic carbocycles. The number of aromatic nitrogens is 1. The zero-order valence-electron chi connectivity index (χ0n) is 11.7. The summed E-state index contributed by atoms with van der Waals surface area (Å²) in [6.07, 6.45) is 3.30. The molecule has 1 aliphatic heterocycles. The Morgan fingerprint density at radius 1 is 1.30 bits per heavy atom. The molecule has 2 heterocycles. The van der Waals surface area contributed by atoms with Gasteiger partial charge in [-0.2, -0.15) is 4.31 Å². The molecule has 2 N–H and O–H groups in total. The maximum atomic E-state index is 12.4. The number of hydrogen-bond donors (Lipinski definition) is 1. The van der Waals surface area contributed by atoms with Gasteiger partial charge < -0.3 is 10.3 Å². The van der Waals surface area contributed by atoms with Gasteiger partial charge in [0.1, 0.15) is 0 Å². The predicted molar refractivity (Wildman–Crippen MR) is 74.4 cm³/mol. The second-order valence-electron chi connectivity index (χ2n) is 5.03. The van der Waals surface area contributed by atoms with Crippen LogP contribution in [0.15, 0.2) is 23.4 Å². The maximum absolute atomic E-state index is 12.4. The number of carbonyl (C=O) groups is 1. The Labute approximate surface area is 119 Å². The molecule has 1 unspecified atom stereocenters. The molecule has 1 atom stereocenters. The topological polar surface area (TPSA) is 88.6 Å². The Morgan fingerprint density at radius 3 is 2.35 bits per heavy atom. The fraction of sp³-hybridized carbons (Fsp3) is 0.583. The van der Waals surface area contributed by atoms with Gasteiger partial charge in [0.25, 0.3) is 0 Å². The van der Waals surface area contributed by atoms with Crippen molar-refractivity contribution in [3.63, 3.8) is 0 Å². The second kappa shape index (κ2) is 5.55. The lowest BCUT2D eigenvalue weighted by molar-refractivity contribution is -0.123. The van der Waals surface area contributed by atoms with Crippen LogP contribution in [0.2, 0.25) is 0 Å². The summed E-state index contributed by atoms with van der Waals surface area (Å²) >= 11 is 0. The number of rotatable bonds is 4. The minimum absolute atomic E-state index is 0.302. The van der Waals surface area contributed by atoms with Crippen LogP contribution in [-0.4, -0.2) is 60.3 Å². The van der Waals surface area contributed by atoms with Crippen LogP contribution in [-0.2, 0) is 21.9 Å². The number of hydrogen-bond acceptors (Lipinski definition) is 4. The molecule has 0 spiro atoms. The number of amides is 1. The number of nitrogens with two attached hydrogens (primary N) is 1. The molecular formula is C12H20N4O3S. The summed E-state index contributed by atoms with van der Waals surface area (Å²) in [5, 5.41) is 0. The quantitative estimate of drug-likeness (QED) is 0.789. The van der Waals surface area contributed by atoms with E-state index >= 15 is 0 Å². The van der Waals surface area contributed by atoms with Crippen LogP contribution in [0.4, 0.5) is 0 Å². The molecule has 1 aromatic heterocycles. The molecule has 8 heteroatoms. The van der Waals surface area contributed by atoms with Gasteiger partial charge in [-0.05, 0) is 13.0 Å². The van der Waals surface area contributed by atoms with Crippen LogP contribution in [0.1, 0.15) is 6.92 Å². The molecule has 0 aromatic carbocycles. The molecule has 0 saturated carbocycles. The lowest BCUT2D eigenvalue weighted by atomic mass is 10.2. The Kier molecular flexibility index (Phi) is 4.17. The van der Waals surface area contributed by atoms with Crippen LogP contribution in [0.3, 0.4) is 0 Å². The van der Waals surface area contributed by atoms with Crippen LogP contribution in [0.25, 0.3) is 0 Å². The van der Waals surface area contributed by atoms with Crippen LogP contribution < -0.4 is 5.73 Å². The van der Waals surface area contributed by atoms with E-state index in [2.05, 4.69) is 0 Å². The molecule has 1 aliphatic rings. The minimum atomic E-state index is -3.44. The van der Waals surface area contributed by atoms with Gasteiger partial charge in [0.2, 0.25) is 15.9 Å². The molecule has 2 rings (SSSR count). The van der Waals surface area contributed by atoms with Gasteiger partial charge in [-0.1, -0.05) is 0 Å². The highest BCUT2D eigenvalue weighted by molar-refractivity contribution is 7.89. The van der Waals surface area contributed by atoms with E-state index in [1.807, 2.05) is 4.90 Å². The van der Waals surface area contributed by atoms with E-state index in [1.54, 1.807) is 37.0 Å². The van der Waals surface area contributed by atoms with Gasteiger partial charge >= 0.3 is 0 Å². The van der Waals surface area contributed by atoms with Crippen molar-refractivity contribution in [3.8, 4) is 0 Å². The summed E-state index contributed by atoms with van der Waals surface area (Å²) in [4.78, 5) is 13.4. The molecular weight excluding hydrogens is 280 g/mol. The molecule has 0 bridgehead atoms. The Morgan fingerprint density at radius 2 is 1.90 bits per heavy atom. The third-order valence-corrected chi connectivity index (χ3v) is 5.56. The van der Waals surface area contributed by atoms with Crippen LogP contribution in [0, 0.1) is 0 Å². The van der Waals surface area contributed by atoms with Crippen molar-refractivity contribution < 1.29 is 13.2 Å². The fourth-order valence-electron chi connectivity index (χ4n) is 2.29. The highest BCUT2D eigenvalue weighted by Gasteiger charge is 2.31.